The Morgan fingerprint density at radius 2 is 2.06 bits per heavy atom. The molecule has 0 aromatic carbocycles. The van der Waals surface area contributed by atoms with E-state index >= 15 is 0 Å². The number of hydrogen-bond acceptors (Lipinski definition) is 2. The minimum absolute atomic E-state index is 0.0557. The van der Waals surface area contributed by atoms with Crippen LogP contribution in [0.3, 0.4) is 0 Å². The fraction of sp³-hybridized carbons (Fsp3) is 1.00. The summed E-state index contributed by atoms with van der Waals surface area (Å²) in [5.41, 5.74) is 0. The molecular weight excluding hydrogens is 198 g/mol. The van der Waals surface area contributed by atoms with Crippen LogP contribution in [0.2, 0.25) is 0 Å². The van der Waals surface area contributed by atoms with Gasteiger partial charge in [0.05, 0.1) is 6.10 Å². The summed E-state index contributed by atoms with van der Waals surface area (Å²) in [6.45, 7) is 7.83. The van der Waals surface area contributed by atoms with E-state index in [1.54, 1.807) is 0 Å². The van der Waals surface area contributed by atoms with E-state index in [0.29, 0.717) is 0 Å². The van der Waals surface area contributed by atoms with Gasteiger partial charge in [-0.2, -0.15) is 0 Å². The van der Waals surface area contributed by atoms with Crippen LogP contribution in [0.25, 0.3) is 0 Å². The molecule has 1 aliphatic rings. The summed E-state index contributed by atoms with van der Waals surface area (Å²) >= 11 is 0. The van der Waals surface area contributed by atoms with E-state index in [9.17, 15) is 5.11 Å². The molecule has 0 aromatic heterocycles. The Balaban J connectivity index is 1.95. The van der Waals surface area contributed by atoms with Crippen LogP contribution < -0.4 is 0 Å². The Hall–Kier alpha value is -0.0800. The maximum absolute atomic E-state index is 9.42. The SMILES string of the molecule is CCCCCCC(C)CCN1CC[C@H](O)C1. The molecule has 0 spiro atoms. The molecular formula is C14H29NO. The maximum atomic E-state index is 9.42. The van der Waals surface area contributed by atoms with Crippen molar-refractivity contribution in [3.8, 4) is 0 Å². The Bertz CT molecular complexity index is 172. The summed E-state index contributed by atoms with van der Waals surface area (Å²) < 4.78 is 0. The molecule has 1 heterocycles. The number of nitrogens with zero attached hydrogens (tertiary/aromatic N) is 1. The predicted molar refractivity (Wildman–Crippen MR) is 69.6 cm³/mol. The lowest BCUT2D eigenvalue weighted by atomic mass is 9.99. The van der Waals surface area contributed by atoms with Crippen molar-refractivity contribution in [2.24, 2.45) is 5.92 Å². The van der Waals surface area contributed by atoms with Crippen molar-refractivity contribution in [1.82, 2.24) is 4.90 Å². The zero-order chi connectivity index (χ0) is 11.8. The largest absolute Gasteiger partial charge is 0.392 e. The van der Waals surface area contributed by atoms with Crippen molar-refractivity contribution in [2.75, 3.05) is 19.6 Å². The molecule has 96 valence electrons. The van der Waals surface area contributed by atoms with Crippen LogP contribution in [0.1, 0.15) is 58.8 Å². The standard InChI is InChI=1S/C14H29NO/c1-3-4-5-6-7-13(2)8-10-15-11-9-14(16)12-15/h13-14,16H,3-12H2,1-2H3/t13?,14-/m0/s1. The van der Waals surface area contributed by atoms with Crippen LogP contribution >= 0.6 is 0 Å². The molecule has 0 aliphatic carbocycles. The highest BCUT2D eigenvalue weighted by atomic mass is 16.3. The summed E-state index contributed by atoms with van der Waals surface area (Å²) in [5, 5.41) is 9.42. The number of aliphatic hydroxyl groups excluding tert-OH is 1. The molecule has 0 amide bonds. The number of rotatable bonds is 8. The number of likely N-dealkylation sites (tertiary alicyclic amines) is 1. The maximum Gasteiger partial charge on any atom is 0.0679 e. The van der Waals surface area contributed by atoms with E-state index in [0.717, 1.165) is 25.4 Å². The highest BCUT2D eigenvalue weighted by Gasteiger charge is 2.19. The minimum Gasteiger partial charge on any atom is -0.392 e. The third-order valence-electron chi connectivity index (χ3n) is 3.74. The van der Waals surface area contributed by atoms with Gasteiger partial charge in [0.1, 0.15) is 0 Å². The second-order valence-electron chi connectivity index (χ2n) is 5.49. The van der Waals surface area contributed by atoms with Gasteiger partial charge in [-0.1, -0.05) is 46.0 Å². The van der Waals surface area contributed by atoms with Gasteiger partial charge in [0, 0.05) is 13.1 Å². The van der Waals surface area contributed by atoms with Crippen LogP contribution in [0, 0.1) is 5.92 Å². The molecule has 1 N–H and O–H groups in total. The third-order valence-corrected chi connectivity index (χ3v) is 3.74. The molecule has 0 bridgehead atoms. The predicted octanol–water partition coefficient (Wildman–Crippen LogP) is 3.05. The molecule has 16 heavy (non-hydrogen) atoms. The Morgan fingerprint density at radius 3 is 2.69 bits per heavy atom. The smallest absolute Gasteiger partial charge is 0.0679 e. The molecule has 1 unspecified atom stereocenters. The summed E-state index contributed by atoms with van der Waals surface area (Å²) in [7, 11) is 0. The van der Waals surface area contributed by atoms with E-state index in [2.05, 4.69) is 18.7 Å². The van der Waals surface area contributed by atoms with Crippen LogP contribution in [0.15, 0.2) is 0 Å². The summed E-state index contributed by atoms with van der Waals surface area (Å²) in [4.78, 5) is 2.41. The molecule has 2 heteroatoms. The van der Waals surface area contributed by atoms with Crippen molar-refractivity contribution >= 4 is 0 Å². The molecule has 2 nitrogen and oxygen atoms in total. The number of β-amino-alcohol motifs (C(OH)–C–C–N with tert-alkyl or cyclic N) is 1. The van der Waals surface area contributed by atoms with E-state index in [4.69, 9.17) is 0 Å². The van der Waals surface area contributed by atoms with Crippen molar-refractivity contribution in [1.29, 1.82) is 0 Å². The lowest BCUT2D eigenvalue weighted by Crippen LogP contribution is -2.24. The van der Waals surface area contributed by atoms with Crippen molar-refractivity contribution in [2.45, 2.75) is 64.9 Å². The first-order valence-corrected chi connectivity index (χ1v) is 7.12. The zero-order valence-corrected chi connectivity index (χ0v) is 11.1. The van der Waals surface area contributed by atoms with Crippen LogP contribution in [-0.4, -0.2) is 35.7 Å². The molecule has 2 atom stereocenters. The van der Waals surface area contributed by atoms with Crippen LogP contribution in [-0.2, 0) is 0 Å². The first kappa shape index (κ1) is 14.0. The van der Waals surface area contributed by atoms with Gasteiger partial charge in [0.25, 0.3) is 0 Å². The molecule has 0 radical (unpaired) electrons. The summed E-state index contributed by atoms with van der Waals surface area (Å²) in [6.07, 6.45) is 9.14. The molecule has 1 rings (SSSR count). The quantitative estimate of drug-likeness (QED) is 0.644. The van der Waals surface area contributed by atoms with Gasteiger partial charge in [-0.25, -0.2) is 0 Å². The van der Waals surface area contributed by atoms with Crippen molar-refractivity contribution in [3.05, 3.63) is 0 Å². The van der Waals surface area contributed by atoms with Crippen LogP contribution in [0.5, 0.6) is 0 Å². The molecule has 1 aliphatic heterocycles. The number of hydrogen-bond donors (Lipinski definition) is 1. The van der Waals surface area contributed by atoms with Crippen molar-refractivity contribution in [3.63, 3.8) is 0 Å². The normalized spacial score (nSPS) is 23.8. The Morgan fingerprint density at radius 1 is 1.25 bits per heavy atom. The highest BCUT2D eigenvalue weighted by molar-refractivity contribution is 4.74. The monoisotopic (exact) mass is 227 g/mol. The molecule has 0 saturated carbocycles. The lowest BCUT2D eigenvalue weighted by Gasteiger charge is -2.18. The van der Waals surface area contributed by atoms with E-state index < -0.39 is 0 Å². The molecule has 1 saturated heterocycles. The summed E-state index contributed by atoms with van der Waals surface area (Å²) in [6, 6.07) is 0. The first-order chi connectivity index (χ1) is 7.72. The molecule has 1 fully saturated rings. The van der Waals surface area contributed by atoms with Gasteiger partial charge in [-0.05, 0) is 25.3 Å². The number of unbranched alkanes of at least 4 members (excludes halogenated alkanes) is 3. The average Bonchev–Trinajstić information content (AvgIpc) is 2.68. The fourth-order valence-corrected chi connectivity index (χ4v) is 2.48. The topological polar surface area (TPSA) is 23.5 Å². The van der Waals surface area contributed by atoms with E-state index in [1.165, 1.54) is 45.1 Å². The number of aliphatic hydroxyl groups is 1. The van der Waals surface area contributed by atoms with Gasteiger partial charge in [-0.3, -0.25) is 0 Å². The van der Waals surface area contributed by atoms with Crippen molar-refractivity contribution < 1.29 is 5.11 Å². The Kier molecular flexibility index (Phi) is 7.06. The van der Waals surface area contributed by atoms with E-state index in [-0.39, 0.29) is 6.10 Å². The third kappa shape index (κ3) is 5.86. The second-order valence-corrected chi connectivity index (χ2v) is 5.49. The van der Waals surface area contributed by atoms with Gasteiger partial charge in [0.15, 0.2) is 0 Å². The fourth-order valence-electron chi connectivity index (χ4n) is 2.48. The van der Waals surface area contributed by atoms with Crippen LogP contribution in [0.4, 0.5) is 0 Å². The highest BCUT2D eigenvalue weighted by Crippen LogP contribution is 2.16. The second kappa shape index (κ2) is 8.08. The average molecular weight is 227 g/mol. The van der Waals surface area contributed by atoms with Gasteiger partial charge in [0.2, 0.25) is 0 Å². The summed E-state index contributed by atoms with van der Waals surface area (Å²) in [5.74, 6) is 0.856. The minimum atomic E-state index is -0.0557. The first-order valence-electron chi connectivity index (χ1n) is 7.12. The zero-order valence-electron chi connectivity index (χ0n) is 11.1. The lowest BCUT2D eigenvalue weighted by molar-refractivity contribution is 0.174. The van der Waals surface area contributed by atoms with Gasteiger partial charge >= 0.3 is 0 Å². The molecule has 0 aromatic rings. The van der Waals surface area contributed by atoms with Gasteiger partial charge in [-0.15, -0.1) is 0 Å². The Labute approximate surface area is 101 Å². The van der Waals surface area contributed by atoms with Gasteiger partial charge < -0.3 is 10.0 Å². The van der Waals surface area contributed by atoms with E-state index in [1.807, 2.05) is 0 Å².